The van der Waals surface area contributed by atoms with Crippen LogP contribution < -0.4 is 14.4 Å². The highest BCUT2D eigenvalue weighted by molar-refractivity contribution is 7.91. The molecule has 1 aliphatic carbocycles. The molecule has 1 heterocycles. The number of anilines is 3. The third kappa shape index (κ3) is 8.30. The molecule has 0 atom stereocenters. The van der Waals surface area contributed by atoms with Crippen molar-refractivity contribution in [2.45, 2.75) is 37.9 Å². The highest BCUT2D eigenvalue weighted by Crippen LogP contribution is 2.34. The first-order chi connectivity index (χ1) is 16.0. The van der Waals surface area contributed by atoms with E-state index in [4.69, 9.17) is 4.74 Å². The van der Waals surface area contributed by atoms with Gasteiger partial charge in [0.1, 0.15) is 5.75 Å². The van der Waals surface area contributed by atoms with Gasteiger partial charge in [-0.05, 0) is 54.7 Å². The lowest BCUT2D eigenvalue weighted by molar-refractivity contribution is 0.209. The van der Waals surface area contributed by atoms with E-state index in [0.717, 1.165) is 29.8 Å². The van der Waals surface area contributed by atoms with Crippen molar-refractivity contribution in [1.82, 2.24) is 4.98 Å². The van der Waals surface area contributed by atoms with E-state index in [0.29, 0.717) is 24.0 Å². The molecule has 2 aromatic carbocycles. The lowest BCUT2D eigenvalue weighted by atomic mass is 9.90. The number of pyridine rings is 1. The van der Waals surface area contributed by atoms with Crippen LogP contribution in [0.5, 0.6) is 5.75 Å². The van der Waals surface area contributed by atoms with E-state index >= 15 is 0 Å². The van der Waals surface area contributed by atoms with Crippen molar-refractivity contribution in [3.05, 3.63) is 78.6 Å². The largest absolute Gasteiger partial charge is 0.491 e. The Bertz CT molecular complexity index is 1140. The van der Waals surface area contributed by atoms with Gasteiger partial charge in [0, 0.05) is 30.8 Å². The predicted molar refractivity (Wildman–Crippen MR) is 148 cm³/mol. The summed E-state index contributed by atoms with van der Waals surface area (Å²) >= 11 is 0. The molecular weight excluding hydrogens is 505 g/mol. The number of rotatable bonds is 9. The number of hydrogen-bond donors (Lipinski definition) is 1. The average molecular weight is 539 g/mol. The number of hydrogen-bond acceptors (Lipinski definition) is 5. The highest BCUT2D eigenvalue weighted by atomic mass is 35.5. The van der Waals surface area contributed by atoms with Gasteiger partial charge in [0.25, 0.3) is 0 Å². The van der Waals surface area contributed by atoms with Gasteiger partial charge < -0.3 is 9.64 Å². The fraction of sp³-hybridized carbons (Fsp3) is 0.346. The quantitative estimate of drug-likeness (QED) is 0.333. The maximum Gasteiger partial charge on any atom is 0.237 e. The summed E-state index contributed by atoms with van der Waals surface area (Å²) in [6.45, 7) is 0.604. The number of halogens is 2. The SMILES string of the molecule is CN(c1ccncc1)c1ccc(OCC2CCCCC2)c(NS(=O)(=O)Cc2ccccc2)c1.Cl.Cl. The third-order valence-electron chi connectivity index (χ3n) is 6.06. The molecule has 9 heteroatoms. The lowest BCUT2D eigenvalue weighted by Gasteiger charge is -2.24. The van der Waals surface area contributed by atoms with Crippen LogP contribution in [0.4, 0.5) is 17.1 Å². The van der Waals surface area contributed by atoms with Crippen LogP contribution in [0, 0.1) is 5.92 Å². The minimum absolute atomic E-state index is 0. The molecule has 0 spiro atoms. The Morgan fingerprint density at radius 1 is 0.943 bits per heavy atom. The number of benzene rings is 2. The summed E-state index contributed by atoms with van der Waals surface area (Å²) in [4.78, 5) is 6.06. The first-order valence-electron chi connectivity index (χ1n) is 11.5. The minimum atomic E-state index is -3.62. The van der Waals surface area contributed by atoms with Gasteiger partial charge >= 0.3 is 0 Å². The Labute approximate surface area is 221 Å². The molecule has 4 rings (SSSR count). The molecule has 0 amide bonds. The van der Waals surface area contributed by atoms with Crippen molar-refractivity contribution in [3.63, 3.8) is 0 Å². The van der Waals surface area contributed by atoms with Crippen LogP contribution in [0.15, 0.2) is 73.1 Å². The second kappa shape index (κ2) is 13.6. The molecule has 1 fully saturated rings. The Morgan fingerprint density at radius 3 is 2.31 bits per heavy atom. The number of nitrogens with one attached hydrogen (secondary N) is 1. The fourth-order valence-electron chi connectivity index (χ4n) is 4.21. The Hall–Kier alpha value is -2.48. The smallest absolute Gasteiger partial charge is 0.237 e. The Balaban J connectivity index is 0.00000216. The summed E-state index contributed by atoms with van der Waals surface area (Å²) in [5, 5.41) is 0. The molecule has 1 aromatic heterocycles. The van der Waals surface area contributed by atoms with Crippen LogP contribution in [0.1, 0.15) is 37.7 Å². The summed E-state index contributed by atoms with van der Waals surface area (Å²) in [7, 11) is -1.68. The number of aromatic nitrogens is 1. The summed E-state index contributed by atoms with van der Waals surface area (Å²) in [6.07, 6.45) is 9.56. The molecule has 3 aromatic rings. The van der Waals surface area contributed by atoms with Crippen LogP contribution in [0.3, 0.4) is 0 Å². The standard InChI is InChI=1S/C26H31N3O3S.2ClH/c1-29(23-14-16-27-17-15-23)24-12-13-26(32-19-21-8-4-2-5-9-21)25(18-24)28-33(30,31)20-22-10-6-3-7-11-22;;/h3,6-7,10-18,21,28H,2,4-5,8-9,19-20H2,1H3;2*1H. The van der Waals surface area contributed by atoms with E-state index in [1.54, 1.807) is 12.4 Å². The monoisotopic (exact) mass is 537 g/mol. The molecule has 0 bridgehead atoms. The highest BCUT2D eigenvalue weighted by Gasteiger charge is 2.19. The molecular formula is C26H33Cl2N3O3S. The first-order valence-corrected chi connectivity index (χ1v) is 13.1. The third-order valence-corrected chi connectivity index (χ3v) is 7.31. The van der Waals surface area contributed by atoms with Gasteiger partial charge in [0.2, 0.25) is 10.0 Å². The van der Waals surface area contributed by atoms with E-state index in [1.165, 1.54) is 19.3 Å². The Morgan fingerprint density at radius 2 is 1.63 bits per heavy atom. The molecule has 6 nitrogen and oxygen atoms in total. The van der Waals surface area contributed by atoms with Gasteiger partial charge in [0.05, 0.1) is 18.0 Å². The normalized spacial score (nSPS) is 13.7. The molecule has 0 unspecified atom stereocenters. The predicted octanol–water partition coefficient (Wildman–Crippen LogP) is 6.59. The molecule has 1 aliphatic rings. The molecule has 1 saturated carbocycles. The summed E-state index contributed by atoms with van der Waals surface area (Å²) < 4.78 is 34.9. The van der Waals surface area contributed by atoms with Gasteiger partial charge in [-0.1, -0.05) is 49.6 Å². The van der Waals surface area contributed by atoms with Crippen molar-refractivity contribution in [3.8, 4) is 5.75 Å². The van der Waals surface area contributed by atoms with Gasteiger partial charge in [-0.2, -0.15) is 0 Å². The van der Waals surface area contributed by atoms with E-state index in [1.807, 2.05) is 72.6 Å². The zero-order valence-corrected chi connectivity index (χ0v) is 22.2. The van der Waals surface area contributed by atoms with Crippen LogP contribution in [0.25, 0.3) is 0 Å². The maximum atomic E-state index is 13.0. The Kier molecular flexibility index (Phi) is 11.1. The van der Waals surface area contributed by atoms with Crippen molar-refractivity contribution in [2.24, 2.45) is 5.92 Å². The van der Waals surface area contributed by atoms with Crippen LogP contribution in [-0.4, -0.2) is 27.1 Å². The lowest BCUT2D eigenvalue weighted by Crippen LogP contribution is -2.19. The molecule has 35 heavy (non-hydrogen) atoms. The van der Waals surface area contributed by atoms with E-state index in [9.17, 15) is 8.42 Å². The fourth-order valence-corrected chi connectivity index (χ4v) is 5.41. The topological polar surface area (TPSA) is 71.5 Å². The van der Waals surface area contributed by atoms with Gasteiger partial charge in [-0.3, -0.25) is 9.71 Å². The van der Waals surface area contributed by atoms with Crippen LogP contribution >= 0.6 is 24.8 Å². The zero-order valence-electron chi connectivity index (χ0n) is 19.8. The van der Waals surface area contributed by atoms with Crippen LogP contribution in [-0.2, 0) is 15.8 Å². The number of sulfonamides is 1. The molecule has 190 valence electrons. The summed E-state index contributed by atoms with van der Waals surface area (Å²) in [6, 6.07) is 18.6. The van der Waals surface area contributed by atoms with Gasteiger partial charge in [0.15, 0.2) is 0 Å². The molecule has 0 radical (unpaired) electrons. The maximum absolute atomic E-state index is 13.0. The van der Waals surface area contributed by atoms with Gasteiger partial charge in [-0.15, -0.1) is 24.8 Å². The van der Waals surface area contributed by atoms with E-state index < -0.39 is 10.0 Å². The van der Waals surface area contributed by atoms with Crippen molar-refractivity contribution in [1.29, 1.82) is 0 Å². The molecule has 0 aliphatic heterocycles. The number of nitrogens with zero attached hydrogens (tertiary/aromatic N) is 2. The average Bonchev–Trinajstić information content (AvgIpc) is 2.84. The second-order valence-electron chi connectivity index (χ2n) is 8.61. The van der Waals surface area contributed by atoms with Crippen molar-refractivity contribution in [2.75, 3.05) is 23.3 Å². The summed E-state index contributed by atoms with van der Waals surface area (Å²) in [5.41, 5.74) is 3.00. The van der Waals surface area contributed by atoms with Gasteiger partial charge in [-0.25, -0.2) is 8.42 Å². The number of ether oxygens (including phenoxy) is 1. The van der Waals surface area contributed by atoms with Crippen molar-refractivity contribution < 1.29 is 13.2 Å². The second-order valence-corrected chi connectivity index (χ2v) is 10.3. The molecule has 0 saturated heterocycles. The molecule has 1 N–H and O–H groups in total. The summed E-state index contributed by atoms with van der Waals surface area (Å²) in [5.74, 6) is 0.983. The van der Waals surface area contributed by atoms with E-state index in [-0.39, 0.29) is 30.6 Å². The van der Waals surface area contributed by atoms with E-state index in [2.05, 4.69) is 9.71 Å². The zero-order chi connectivity index (χ0) is 23.1. The minimum Gasteiger partial charge on any atom is -0.491 e. The van der Waals surface area contributed by atoms with Crippen LogP contribution in [0.2, 0.25) is 0 Å². The first kappa shape index (κ1) is 28.8. The van der Waals surface area contributed by atoms with Crippen molar-refractivity contribution >= 4 is 51.9 Å².